The Kier molecular flexibility index (Phi) is 7.48. The van der Waals surface area contributed by atoms with Crippen LogP contribution in [0.15, 0.2) is 45.6 Å². The molecule has 0 bridgehead atoms. The molecule has 0 spiro atoms. The molecule has 0 unspecified atom stereocenters. The number of aliphatic imine (C=N–C) groups is 1. The number of thiophene rings is 1. The molecule has 3 aromatic heterocycles. The van der Waals surface area contributed by atoms with Crippen LogP contribution in [0, 0.1) is 0 Å². The van der Waals surface area contributed by atoms with Crippen LogP contribution in [0.1, 0.15) is 12.6 Å². The molecule has 3 aromatic rings. The third kappa shape index (κ3) is 5.01. The smallest absolute Gasteiger partial charge is 0.246 e. The van der Waals surface area contributed by atoms with E-state index < -0.39 is 0 Å². The van der Waals surface area contributed by atoms with E-state index in [4.69, 9.17) is 4.42 Å². The molecule has 0 saturated carbocycles. The number of hydrogen-bond donors (Lipinski definition) is 1. The van der Waals surface area contributed by atoms with Crippen molar-refractivity contribution in [1.29, 1.82) is 0 Å². The molecular weight excluding hydrogens is 517 g/mol. The van der Waals surface area contributed by atoms with Crippen molar-refractivity contribution < 1.29 is 9.21 Å². The summed E-state index contributed by atoms with van der Waals surface area (Å²) in [6.07, 6.45) is 5.19. The Hall–Kier alpha value is -2.41. The van der Waals surface area contributed by atoms with E-state index in [0.717, 1.165) is 22.8 Å². The van der Waals surface area contributed by atoms with Crippen LogP contribution in [0.25, 0.3) is 10.8 Å². The first-order valence-corrected chi connectivity index (χ1v) is 10.3. The second-order valence-electron chi connectivity index (χ2n) is 6.63. The normalized spacial score (nSPS) is 14.7. The van der Waals surface area contributed by atoms with Crippen LogP contribution < -0.4 is 10.2 Å². The van der Waals surface area contributed by atoms with Crippen molar-refractivity contribution in [2.75, 3.05) is 31.1 Å². The fourth-order valence-corrected chi connectivity index (χ4v) is 3.80. The van der Waals surface area contributed by atoms with Crippen molar-refractivity contribution in [2.24, 2.45) is 12.0 Å². The number of nitrogens with one attached hydrogen (secondary N) is 1. The Labute approximate surface area is 195 Å². The highest BCUT2D eigenvalue weighted by Gasteiger charge is 2.27. The Morgan fingerprint density at radius 2 is 2.27 bits per heavy atom. The van der Waals surface area contributed by atoms with Gasteiger partial charge in [0, 0.05) is 32.9 Å². The maximum absolute atomic E-state index is 12.7. The Morgan fingerprint density at radius 1 is 1.40 bits per heavy atom. The number of halogens is 1. The number of aryl methyl sites for hydroxylation is 1. The lowest BCUT2D eigenvalue weighted by molar-refractivity contribution is -0.120. The second kappa shape index (κ2) is 10.1. The molecule has 1 aliphatic heterocycles. The highest BCUT2D eigenvalue weighted by Crippen LogP contribution is 2.24. The van der Waals surface area contributed by atoms with Gasteiger partial charge in [0.2, 0.25) is 11.8 Å². The minimum Gasteiger partial charge on any atom is -0.443 e. The molecule has 160 valence electrons. The first kappa shape index (κ1) is 22.3. The lowest BCUT2D eigenvalue weighted by Crippen LogP contribution is -2.55. The van der Waals surface area contributed by atoms with Crippen molar-refractivity contribution in [3.05, 3.63) is 41.9 Å². The van der Waals surface area contributed by atoms with Crippen molar-refractivity contribution in [2.45, 2.75) is 13.5 Å². The summed E-state index contributed by atoms with van der Waals surface area (Å²) < 4.78 is 7.25. The second-order valence-corrected chi connectivity index (χ2v) is 7.58. The molecule has 1 N–H and O–H groups in total. The van der Waals surface area contributed by atoms with E-state index in [0.29, 0.717) is 31.5 Å². The standard InChI is InChI=1S/C19H23N7O2S.HI/c1-3-20-19(21-9-14-13-28-18(23-14)16-5-4-8-29-16)25-6-7-26(17(27)12-25)15-10-22-24(2)11-15;/h4-5,8,10-11,13H,3,6-7,9,12H2,1-2H3,(H,20,21);1H. The molecule has 30 heavy (non-hydrogen) atoms. The van der Waals surface area contributed by atoms with Crippen molar-refractivity contribution >= 4 is 52.9 Å². The summed E-state index contributed by atoms with van der Waals surface area (Å²) in [5.74, 6) is 1.33. The zero-order valence-electron chi connectivity index (χ0n) is 16.8. The highest BCUT2D eigenvalue weighted by molar-refractivity contribution is 14.0. The summed E-state index contributed by atoms with van der Waals surface area (Å²) >= 11 is 1.58. The van der Waals surface area contributed by atoms with Crippen LogP contribution in [-0.4, -0.2) is 57.7 Å². The number of oxazole rings is 1. The molecule has 11 heteroatoms. The van der Waals surface area contributed by atoms with E-state index in [-0.39, 0.29) is 36.4 Å². The molecule has 9 nitrogen and oxygen atoms in total. The average Bonchev–Trinajstić information content (AvgIpc) is 3.46. The van der Waals surface area contributed by atoms with E-state index in [2.05, 4.69) is 20.4 Å². The largest absolute Gasteiger partial charge is 0.443 e. The quantitative estimate of drug-likeness (QED) is 0.304. The summed E-state index contributed by atoms with van der Waals surface area (Å²) in [5, 5.41) is 9.41. The Morgan fingerprint density at radius 3 is 2.93 bits per heavy atom. The summed E-state index contributed by atoms with van der Waals surface area (Å²) in [7, 11) is 1.84. The third-order valence-corrected chi connectivity index (χ3v) is 5.39. The third-order valence-electron chi connectivity index (χ3n) is 4.53. The Bertz CT molecular complexity index is 998. The maximum Gasteiger partial charge on any atom is 0.246 e. The van der Waals surface area contributed by atoms with E-state index in [1.807, 2.05) is 42.6 Å². The van der Waals surface area contributed by atoms with Crippen molar-refractivity contribution in [3.8, 4) is 10.8 Å². The Balaban J connectivity index is 0.00000256. The number of amides is 1. The van der Waals surface area contributed by atoms with Gasteiger partial charge in [0.05, 0.1) is 23.3 Å². The van der Waals surface area contributed by atoms with E-state index in [9.17, 15) is 4.79 Å². The minimum atomic E-state index is 0. The van der Waals surface area contributed by atoms with Crippen LogP contribution >= 0.6 is 35.3 Å². The number of hydrogen-bond acceptors (Lipinski definition) is 6. The van der Waals surface area contributed by atoms with Crippen LogP contribution in [-0.2, 0) is 18.4 Å². The summed E-state index contributed by atoms with van der Waals surface area (Å²) in [4.78, 5) is 26.6. The van der Waals surface area contributed by atoms with Gasteiger partial charge in [-0.1, -0.05) is 6.07 Å². The summed E-state index contributed by atoms with van der Waals surface area (Å²) in [5.41, 5.74) is 1.58. The lowest BCUT2D eigenvalue weighted by Gasteiger charge is -2.35. The number of guanidine groups is 1. The molecule has 1 aliphatic rings. The van der Waals surface area contributed by atoms with E-state index >= 15 is 0 Å². The average molecular weight is 541 g/mol. The van der Waals surface area contributed by atoms with Crippen molar-refractivity contribution in [1.82, 2.24) is 25.0 Å². The van der Waals surface area contributed by atoms with Crippen LogP contribution in [0.4, 0.5) is 5.69 Å². The molecule has 0 atom stereocenters. The molecule has 1 fully saturated rings. The first-order valence-electron chi connectivity index (χ1n) is 9.44. The van der Waals surface area contributed by atoms with Gasteiger partial charge in [0.25, 0.3) is 0 Å². The van der Waals surface area contributed by atoms with Gasteiger partial charge in [-0.05, 0) is 18.4 Å². The number of aromatic nitrogens is 3. The van der Waals surface area contributed by atoms with Crippen LogP contribution in [0.2, 0.25) is 0 Å². The number of carbonyl (C=O) groups excluding carboxylic acids is 1. The molecular formula is C19H24IN7O2S. The van der Waals surface area contributed by atoms with Gasteiger partial charge < -0.3 is 19.5 Å². The SMILES string of the molecule is CCNC(=NCc1coc(-c2cccs2)n1)N1CCN(c2cnn(C)c2)C(=O)C1.I. The predicted octanol–water partition coefficient (Wildman–Crippen LogP) is 2.57. The number of piperazine rings is 1. The molecule has 1 saturated heterocycles. The highest BCUT2D eigenvalue weighted by atomic mass is 127. The van der Waals surface area contributed by atoms with Gasteiger partial charge in [0.15, 0.2) is 5.96 Å². The number of carbonyl (C=O) groups is 1. The van der Waals surface area contributed by atoms with Gasteiger partial charge in [-0.2, -0.15) is 5.10 Å². The van der Waals surface area contributed by atoms with E-state index in [1.165, 1.54) is 0 Å². The topological polar surface area (TPSA) is 91.8 Å². The van der Waals surface area contributed by atoms with Gasteiger partial charge in [-0.15, -0.1) is 35.3 Å². The summed E-state index contributed by atoms with van der Waals surface area (Å²) in [6, 6.07) is 3.94. The number of nitrogens with zero attached hydrogens (tertiary/aromatic N) is 6. The number of anilines is 1. The number of rotatable bonds is 5. The van der Waals surface area contributed by atoms with E-state index in [1.54, 1.807) is 33.4 Å². The molecule has 1 amide bonds. The van der Waals surface area contributed by atoms with Gasteiger partial charge in [0.1, 0.15) is 18.5 Å². The van der Waals surface area contributed by atoms with Crippen molar-refractivity contribution in [3.63, 3.8) is 0 Å². The van der Waals surface area contributed by atoms with Gasteiger partial charge in [-0.3, -0.25) is 9.48 Å². The predicted molar refractivity (Wildman–Crippen MR) is 127 cm³/mol. The maximum atomic E-state index is 12.7. The molecule has 0 radical (unpaired) electrons. The monoisotopic (exact) mass is 541 g/mol. The first-order chi connectivity index (χ1) is 14.1. The van der Waals surface area contributed by atoms with Gasteiger partial charge in [-0.25, -0.2) is 9.98 Å². The molecule has 4 heterocycles. The molecule has 4 rings (SSSR count). The molecule has 0 aliphatic carbocycles. The zero-order chi connectivity index (χ0) is 20.2. The molecule has 0 aromatic carbocycles. The van der Waals surface area contributed by atoms with Crippen LogP contribution in [0.3, 0.4) is 0 Å². The minimum absolute atomic E-state index is 0. The lowest BCUT2D eigenvalue weighted by atomic mass is 10.3. The van der Waals surface area contributed by atoms with Crippen LogP contribution in [0.5, 0.6) is 0 Å². The summed E-state index contributed by atoms with van der Waals surface area (Å²) in [6.45, 7) is 4.64. The van der Waals surface area contributed by atoms with Gasteiger partial charge >= 0.3 is 0 Å². The fraction of sp³-hybridized carbons (Fsp3) is 0.368. The fourth-order valence-electron chi connectivity index (χ4n) is 3.15. The zero-order valence-corrected chi connectivity index (χ0v) is 20.0.